The van der Waals surface area contributed by atoms with Gasteiger partial charge in [0, 0.05) is 19.2 Å². The van der Waals surface area contributed by atoms with Crippen LogP contribution >= 0.6 is 0 Å². The van der Waals surface area contributed by atoms with Gasteiger partial charge in [-0.1, -0.05) is 0 Å². The first kappa shape index (κ1) is 13.8. The molecule has 5 heteroatoms. The van der Waals surface area contributed by atoms with E-state index in [0.29, 0.717) is 18.6 Å². The third kappa shape index (κ3) is 2.90. The smallest absolute Gasteiger partial charge is 0.315 e. The molecule has 2 bridgehead atoms. The molecule has 5 nitrogen and oxygen atoms in total. The second kappa shape index (κ2) is 5.43. The van der Waals surface area contributed by atoms with E-state index in [1.54, 1.807) is 0 Å². The first-order chi connectivity index (χ1) is 10.2. The summed E-state index contributed by atoms with van der Waals surface area (Å²) in [6, 6.07) is 0.273. The zero-order chi connectivity index (χ0) is 14.4. The molecule has 5 unspecified atom stereocenters. The van der Waals surface area contributed by atoms with E-state index in [1.807, 2.05) is 0 Å². The number of hydrogen-bond acceptors (Lipinski definition) is 3. The van der Waals surface area contributed by atoms with Crippen molar-refractivity contribution in [2.75, 3.05) is 19.8 Å². The fraction of sp³-hybridized carbons (Fsp3) is 0.938. The lowest BCUT2D eigenvalue weighted by atomic mass is 10.0. The predicted molar refractivity (Wildman–Crippen MR) is 77.7 cm³/mol. The molecule has 0 aliphatic heterocycles. The highest BCUT2D eigenvalue weighted by atomic mass is 16.5. The maximum Gasteiger partial charge on any atom is 0.315 e. The Morgan fingerprint density at radius 3 is 2.57 bits per heavy atom. The molecule has 118 valence electrons. The van der Waals surface area contributed by atoms with Crippen LogP contribution in [-0.2, 0) is 4.74 Å². The summed E-state index contributed by atoms with van der Waals surface area (Å²) in [5, 5.41) is 15.6. The van der Waals surface area contributed by atoms with Gasteiger partial charge in [0.05, 0.1) is 12.7 Å². The average molecular weight is 294 g/mol. The monoisotopic (exact) mass is 294 g/mol. The van der Waals surface area contributed by atoms with E-state index in [0.717, 1.165) is 30.3 Å². The predicted octanol–water partition coefficient (Wildman–Crippen LogP) is 1.12. The normalized spacial score (nSPS) is 40.7. The largest absolute Gasteiger partial charge is 0.389 e. The third-order valence-corrected chi connectivity index (χ3v) is 5.89. The van der Waals surface area contributed by atoms with E-state index in [9.17, 15) is 9.90 Å². The second-order valence-corrected chi connectivity index (χ2v) is 7.50. The molecule has 4 fully saturated rings. The van der Waals surface area contributed by atoms with Crippen molar-refractivity contribution in [3.63, 3.8) is 0 Å². The van der Waals surface area contributed by atoms with Crippen molar-refractivity contribution in [2.24, 2.45) is 29.6 Å². The van der Waals surface area contributed by atoms with Crippen LogP contribution in [0.2, 0.25) is 0 Å². The Labute approximate surface area is 125 Å². The number of urea groups is 1. The minimum Gasteiger partial charge on any atom is -0.389 e. The summed E-state index contributed by atoms with van der Waals surface area (Å²) in [6.45, 7) is 1.33. The number of amides is 2. The van der Waals surface area contributed by atoms with Gasteiger partial charge in [-0.3, -0.25) is 0 Å². The van der Waals surface area contributed by atoms with Crippen molar-refractivity contribution in [1.82, 2.24) is 10.6 Å². The summed E-state index contributed by atoms with van der Waals surface area (Å²) in [6.07, 6.45) is 6.02. The molecule has 2 amide bonds. The minimum atomic E-state index is -0.607. The molecule has 0 spiro atoms. The molecule has 0 radical (unpaired) electrons. The molecule has 3 N–H and O–H groups in total. The number of aliphatic hydroxyl groups excluding tert-OH is 1. The first-order valence-corrected chi connectivity index (χ1v) is 8.52. The van der Waals surface area contributed by atoms with E-state index in [4.69, 9.17) is 4.74 Å². The Morgan fingerprint density at radius 1 is 1.19 bits per heavy atom. The van der Waals surface area contributed by atoms with Crippen LogP contribution in [0.25, 0.3) is 0 Å². The van der Waals surface area contributed by atoms with E-state index in [2.05, 4.69) is 10.6 Å². The van der Waals surface area contributed by atoms with Gasteiger partial charge in [0.1, 0.15) is 0 Å². The lowest BCUT2D eigenvalue weighted by Gasteiger charge is -2.14. The molecule has 5 atom stereocenters. The van der Waals surface area contributed by atoms with Crippen LogP contribution in [-0.4, -0.2) is 43.0 Å². The molecule has 0 aromatic carbocycles. The summed E-state index contributed by atoms with van der Waals surface area (Å²) in [7, 11) is 0. The number of carbonyl (C=O) groups excluding carboxylic acids is 1. The van der Waals surface area contributed by atoms with Crippen LogP contribution in [0.4, 0.5) is 4.79 Å². The number of ether oxygens (including phenoxy) is 1. The maximum absolute atomic E-state index is 11.9. The summed E-state index contributed by atoms with van der Waals surface area (Å²) < 4.78 is 5.42. The van der Waals surface area contributed by atoms with Crippen molar-refractivity contribution in [2.45, 2.75) is 44.2 Å². The molecule has 4 saturated carbocycles. The van der Waals surface area contributed by atoms with Gasteiger partial charge in [0.25, 0.3) is 0 Å². The van der Waals surface area contributed by atoms with Crippen LogP contribution in [0, 0.1) is 29.6 Å². The highest BCUT2D eigenvalue weighted by Crippen LogP contribution is 2.65. The van der Waals surface area contributed by atoms with E-state index in [1.165, 1.54) is 32.1 Å². The first-order valence-electron chi connectivity index (χ1n) is 8.52. The van der Waals surface area contributed by atoms with E-state index in [-0.39, 0.29) is 12.6 Å². The quantitative estimate of drug-likeness (QED) is 0.659. The summed E-state index contributed by atoms with van der Waals surface area (Å²) in [5.74, 6) is 3.94. The SMILES string of the molecule is O=C(NCC(O)COCC1CC1)NC1C2C3CCC(C3)C12. The van der Waals surface area contributed by atoms with Crippen molar-refractivity contribution in [3.8, 4) is 0 Å². The van der Waals surface area contributed by atoms with Crippen LogP contribution in [0.15, 0.2) is 0 Å². The number of carbonyl (C=O) groups is 1. The van der Waals surface area contributed by atoms with Gasteiger partial charge in [-0.25, -0.2) is 4.79 Å². The van der Waals surface area contributed by atoms with Crippen molar-refractivity contribution >= 4 is 6.03 Å². The zero-order valence-corrected chi connectivity index (χ0v) is 12.5. The highest BCUT2D eigenvalue weighted by molar-refractivity contribution is 5.74. The standard InChI is InChI=1S/C16H26N2O3/c19-12(8-21-7-9-1-2-9)6-17-16(20)18-15-13-10-3-4-11(5-10)14(13)15/h9-15,19H,1-8H2,(H2,17,18,20). The lowest BCUT2D eigenvalue weighted by molar-refractivity contribution is 0.0337. The fourth-order valence-corrected chi connectivity index (χ4v) is 4.65. The Bertz CT molecular complexity index is 396. The number of nitrogens with one attached hydrogen (secondary N) is 2. The summed E-state index contributed by atoms with van der Waals surface area (Å²) in [5.41, 5.74) is 0. The summed E-state index contributed by atoms with van der Waals surface area (Å²) in [4.78, 5) is 11.9. The van der Waals surface area contributed by atoms with Gasteiger partial charge in [-0.2, -0.15) is 0 Å². The third-order valence-electron chi connectivity index (χ3n) is 5.89. The molecule has 4 aliphatic rings. The summed E-state index contributed by atoms with van der Waals surface area (Å²) >= 11 is 0. The van der Waals surface area contributed by atoms with Crippen molar-refractivity contribution < 1.29 is 14.6 Å². The lowest BCUT2D eigenvalue weighted by Crippen LogP contribution is -2.43. The van der Waals surface area contributed by atoms with Crippen LogP contribution < -0.4 is 10.6 Å². The van der Waals surface area contributed by atoms with Gasteiger partial charge in [0.15, 0.2) is 0 Å². The molecule has 0 aromatic heterocycles. The van der Waals surface area contributed by atoms with Crippen LogP contribution in [0.3, 0.4) is 0 Å². The molecular formula is C16H26N2O3. The Hall–Kier alpha value is -0.810. The minimum absolute atomic E-state index is 0.130. The van der Waals surface area contributed by atoms with E-state index >= 15 is 0 Å². The van der Waals surface area contributed by atoms with Crippen LogP contribution in [0.1, 0.15) is 32.1 Å². The number of rotatable bonds is 7. The Kier molecular flexibility index (Phi) is 3.58. The van der Waals surface area contributed by atoms with Gasteiger partial charge in [0.2, 0.25) is 0 Å². The highest BCUT2D eigenvalue weighted by Gasteiger charge is 2.65. The van der Waals surface area contributed by atoms with E-state index < -0.39 is 6.10 Å². The van der Waals surface area contributed by atoms with Gasteiger partial charge in [-0.15, -0.1) is 0 Å². The Balaban J connectivity index is 1.11. The van der Waals surface area contributed by atoms with Crippen LogP contribution in [0.5, 0.6) is 0 Å². The van der Waals surface area contributed by atoms with Crippen molar-refractivity contribution in [3.05, 3.63) is 0 Å². The molecule has 4 aliphatic carbocycles. The molecule has 21 heavy (non-hydrogen) atoms. The second-order valence-electron chi connectivity index (χ2n) is 7.50. The molecular weight excluding hydrogens is 268 g/mol. The number of fused-ring (bicyclic) bond motifs is 5. The van der Waals surface area contributed by atoms with Gasteiger partial charge >= 0.3 is 6.03 Å². The maximum atomic E-state index is 11.9. The Morgan fingerprint density at radius 2 is 1.90 bits per heavy atom. The molecule has 0 saturated heterocycles. The molecule has 0 heterocycles. The zero-order valence-electron chi connectivity index (χ0n) is 12.5. The van der Waals surface area contributed by atoms with Gasteiger partial charge in [-0.05, 0) is 61.7 Å². The molecule has 4 rings (SSSR count). The average Bonchev–Trinajstić information content (AvgIpc) is 3.35. The molecule has 0 aromatic rings. The number of hydrogen-bond donors (Lipinski definition) is 3. The topological polar surface area (TPSA) is 70.6 Å². The van der Waals surface area contributed by atoms with Gasteiger partial charge < -0.3 is 20.5 Å². The number of aliphatic hydroxyl groups is 1. The van der Waals surface area contributed by atoms with Crippen molar-refractivity contribution in [1.29, 1.82) is 0 Å². The fourth-order valence-electron chi connectivity index (χ4n) is 4.65.